The van der Waals surface area contributed by atoms with Gasteiger partial charge in [0.15, 0.2) is 0 Å². The Kier molecular flexibility index (Phi) is 4.55. The number of nitrogens with two attached hydrogens (primary N) is 1. The molecule has 1 aliphatic carbocycles. The third-order valence-electron chi connectivity index (χ3n) is 3.65. The fourth-order valence-electron chi connectivity index (χ4n) is 2.58. The van der Waals surface area contributed by atoms with Crippen LogP contribution in [0.5, 0.6) is 0 Å². The number of nitrogens with one attached hydrogen (secondary N) is 1. The molecule has 0 saturated heterocycles. The van der Waals surface area contributed by atoms with Gasteiger partial charge in [0.25, 0.3) is 0 Å². The molecule has 1 aromatic rings. The van der Waals surface area contributed by atoms with Gasteiger partial charge in [0.1, 0.15) is 0 Å². The first-order valence-corrected chi connectivity index (χ1v) is 6.80. The van der Waals surface area contributed by atoms with Crippen LogP contribution in [0.3, 0.4) is 0 Å². The summed E-state index contributed by atoms with van der Waals surface area (Å²) in [6.45, 7) is 0.451. The second-order valence-corrected chi connectivity index (χ2v) is 5.20. The number of benzene rings is 1. The fraction of sp³-hybridized carbons (Fsp3) is 0.467. The second kappa shape index (κ2) is 6.36. The highest BCUT2D eigenvalue weighted by Crippen LogP contribution is 2.27. The fourth-order valence-corrected chi connectivity index (χ4v) is 2.58. The van der Waals surface area contributed by atoms with Crippen molar-refractivity contribution in [3.63, 3.8) is 0 Å². The third-order valence-corrected chi connectivity index (χ3v) is 3.65. The van der Waals surface area contributed by atoms with Crippen LogP contribution in [0.1, 0.15) is 48.0 Å². The van der Waals surface area contributed by atoms with Gasteiger partial charge in [-0.15, -0.1) is 0 Å². The van der Waals surface area contributed by atoms with Crippen LogP contribution >= 0.6 is 0 Å². The normalized spacial score (nSPS) is 15.4. The molecule has 0 bridgehead atoms. The SMILES string of the molecule is NC(=O)c1cccc(CNC(=O)CC2CCCC2)c1. The zero-order chi connectivity index (χ0) is 13.7. The maximum Gasteiger partial charge on any atom is 0.248 e. The van der Waals surface area contributed by atoms with Gasteiger partial charge in [0, 0.05) is 18.5 Å². The van der Waals surface area contributed by atoms with Crippen LogP contribution in [-0.2, 0) is 11.3 Å². The number of hydrogen-bond acceptors (Lipinski definition) is 2. The van der Waals surface area contributed by atoms with Crippen LogP contribution in [0.2, 0.25) is 0 Å². The predicted molar refractivity (Wildman–Crippen MR) is 73.4 cm³/mol. The van der Waals surface area contributed by atoms with Crippen molar-refractivity contribution in [1.29, 1.82) is 0 Å². The molecule has 0 heterocycles. The number of amides is 2. The average molecular weight is 260 g/mol. The van der Waals surface area contributed by atoms with E-state index in [0.717, 1.165) is 5.56 Å². The van der Waals surface area contributed by atoms with E-state index in [9.17, 15) is 9.59 Å². The zero-order valence-corrected chi connectivity index (χ0v) is 11.0. The number of carbonyl (C=O) groups is 2. The van der Waals surface area contributed by atoms with Gasteiger partial charge >= 0.3 is 0 Å². The van der Waals surface area contributed by atoms with Crippen molar-refractivity contribution in [3.8, 4) is 0 Å². The maximum absolute atomic E-state index is 11.8. The summed E-state index contributed by atoms with van der Waals surface area (Å²) in [5.74, 6) is 0.201. The highest BCUT2D eigenvalue weighted by Gasteiger charge is 2.18. The van der Waals surface area contributed by atoms with E-state index in [4.69, 9.17) is 5.73 Å². The molecule has 2 amide bonds. The molecule has 3 N–H and O–H groups in total. The lowest BCUT2D eigenvalue weighted by atomic mass is 10.0. The zero-order valence-electron chi connectivity index (χ0n) is 11.0. The van der Waals surface area contributed by atoms with E-state index in [-0.39, 0.29) is 5.91 Å². The molecule has 0 spiro atoms. The third kappa shape index (κ3) is 4.09. The van der Waals surface area contributed by atoms with E-state index in [1.54, 1.807) is 18.2 Å². The number of carbonyl (C=O) groups excluding carboxylic acids is 2. The van der Waals surface area contributed by atoms with Crippen LogP contribution in [0.4, 0.5) is 0 Å². The van der Waals surface area contributed by atoms with Crippen LogP contribution in [0.15, 0.2) is 24.3 Å². The van der Waals surface area contributed by atoms with Crippen molar-refractivity contribution in [2.75, 3.05) is 0 Å². The molecule has 1 aliphatic rings. The number of rotatable bonds is 5. The minimum atomic E-state index is -0.445. The molecule has 1 fully saturated rings. The molecule has 0 aliphatic heterocycles. The molecule has 0 aromatic heterocycles. The minimum Gasteiger partial charge on any atom is -0.366 e. The first kappa shape index (κ1) is 13.6. The van der Waals surface area contributed by atoms with Gasteiger partial charge in [-0.2, -0.15) is 0 Å². The molecule has 102 valence electrons. The molecule has 19 heavy (non-hydrogen) atoms. The van der Waals surface area contributed by atoms with Crippen molar-refractivity contribution in [2.45, 2.75) is 38.6 Å². The van der Waals surface area contributed by atoms with Crippen molar-refractivity contribution < 1.29 is 9.59 Å². The molecule has 1 saturated carbocycles. The summed E-state index contributed by atoms with van der Waals surface area (Å²) < 4.78 is 0. The lowest BCUT2D eigenvalue weighted by molar-refractivity contribution is -0.122. The van der Waals surface area contributed by atoms with Gasteiger partial charge in [-0.1, -0.05) is 25.0 Å². The van der Waals surface area contributed by atoms with Crippen molar-refractivity contribution in [1.82, 2.24) is 5.32 Å². The molecule has 4 nitrogen and oxygen atoms in total. The van der Waals surface area contributed by atoms with Crippen molar-refractivity contribution in [2.24, 2.45) is 11.7 Å². The topological polar surface area (TPSA) is 72.2 Å². The summed E-state index contributed by atoms with van der Waals surface area (Å²) in [6, 6.07) is 7.05. The van der Waals surface area contributed by atoms with Crippen molar-refractivity contribution in [3.05, 3.63) is 35.4 Å². The number of hydrogen-bond donors (Lipinski definition) is 2. The van der Waals surface area contributed by atoms with E-state index in [2.05, 4.69) is 5.32 Å². The van der Waals surface area contributed by atoms with E-state index in [1.807, 2.05) is 6.07 Å². The molecule has 0 unspecified atom stereocenters. The Hall–Kier alpha value is -1.84. The monoisotopic (exact) mass is 260 g/mol. The standard InChI is InChI=1S/C15H20N2O2/c16-15(19)13-7-3-6-12(8-13)10-17-14(18)9-11-4-1-2-5-11/h3,6-8,11H,1-2,4-5,9-10H2,(H2,16,19)(H,17,18). The Balaban J connectivity index is 1.82. The van der Waals surface area contributed by atoms with Crippen LogP contribution in [0, 0.1) is 5.92 Å². The summed E-state index contributed by atoms with van der Waals surface area (Å²) in [5, 5.41) is 2.90. The Labute approximate surface area is 113 Å². The van der Waals surface area contributed by atoms with Crippen LogP contribution in [0.25, 0.3) is 0 Å². The van der Waals surface area contributed by atoms with Gasteiger partial charge in [-0.3, -0.25) is 9.59 Å². The van der Waals surface area contributed by atoms with Gasteiger partial charge < -0.3 is 11.1 Å². The summed E-state index contributed by atoms with van der Waals surface area (Å²) in [6.07, 6.45) is 5.46. The lowest BCUT2D eigenvalue weighted by Gasteiger charge is -2.10. The molecular weight excluding hydrogens is 240 g/mol. The van der Waals surface area contributed by atoms with Crippen molar-refractivity contribution >= 4 is 11.8 Å². The summed E-state index contributed by atoms with van der Waals surface area (Å²) in [5.41, 5.74) is 6.59. The molecule has 1 aromatic carbocycles. The highest BCUT2D eigenvalue weighted by molar-refractivity contribution is 5.92. The van der Waals surface area contributed by atoms with E-state index in [0.29, 0.717) is 24.4 Å². The first-order chi connectivity index (χ1) is 9.15. The average Bonchev–Trinajstić information content (AvgIpc) is 2.89. The van der Waals surface area contributed by atoms with Gasteiger partial charge in [-0.25, -0.2) is 0 Å². The molecular formula is C15H20N2O2. The van der Waals surface area contributed by atoms with E-state index >= 15 is 0 Å². The minimum absolute atomic E-state index is 0.0939. The molecule has 2 rings (SSSR count). The molecule has 0 radical (unpaired) electrons. The summed E-state index contributed by atoms with van der Waals surface area (Å²) in [4.78, 5) is 22.8. The van der Waals surface area contributed by atoms with Gasteiger partial charge in [0.05, 0.1) is 0 Å². The summed E-state index contributed by atoms with van der Waals surface area (Å²) in [7, 11) is 0. The Morgan fingerprint density at radius 1 is 1.26 bits per heavy atom. The predicted octanol–water partition coefficient (Wildman–Crippen LogP) is 1.98. The van der Waals surface area contributed by atoms with Gasteiger partial charge in [-0.05, 0) is 36.5 Å². The molecule has 0 atom stereocenters. The first-order valence-electron chi connectivity index (χ1n) is 6.80. The molecule has 4 heteroatoms. The smallest absolute Gasteiger partial charge is 0.248 e. The van der Waals surface area contributed by atoms with E-state index < -0.39 is 5.91 Å². The quantitative estimate of drug-likeness (QED) is 0.849. The van der Waals surface area contributed by atoms with Crippen LogP contribution in [-0.4, -0.2) is 11.8 Å². The Morgan fingerprint density at radius 2 is 2.00 bits per heavy atom. The van der Waals surface area contributed by atoms with Crippen LogP contribution < -0.4 is 11.1 Å². The number of primary amides is 1. The van der Waals surface area contributed by atoms with Gasteiger partial charge in [0.2, 0.25) is 11.8 Å². The van der Waals surface area contributed by atoms with E-state index in [1.165, 1.54) is 25.7 Å². The maximum atomic E-state index is 11.8. The second-order valence-electron chi connectivity index (χ2n) is 5.20. The Morgan fingerprint density at radius 3 is 2.68 bits per heavy atom. The largest absolute Gasteiger partial charge is 0.366 e. The lowest BCUT2D eigenvalue weighted by Crippen LogP contribution is -2.24. The highest BCUT2D eigenvalue weighted by atomic mass is 16.1. The Bertz CT molecular complexity index is 465. The summed E-state index contributed by atoms with van der Waals surface area (Å²) >= 11 is 0.